The summed E-state index contributed by atoms with van der Waals surface area (Å²) in [6.45, 7) is 2.37. The van der Waals surface area contributed by atoms with Crippen LogP contribution in [0, 0.1) is 5.92 Å². The van der Waals surface area contributed by atoms with E-state index in [0.29, 0.717) is 19.6 Å². The molecule has 80 valence electrons. The van der Waals surface area contributed by atoms with E-state index >= 15 is 0 Å². The predicted octanol–water partition coefficient (Wildman–Crippen LogP) is -0.299. The van der Waals surface area contributed by atoms with Crippen LogP contribution in [-0.2, 0) is 19.1 Å². The first-order valence-electron chi connectivity index (χ1n) is 4.68. The third-order valence-corrected chi connectivity index (χ3v) is 2.16. The van der Waals surface area contributed by atoms with Gasteiger partial charge in [0.1, 0.15) is 0 Å². The van der Waals surface area contributed by atoms with E-state index in [2.05, 4.69) is 5.32 Å². The summed E-state index contributed by atoms with van der Waals surface area (Å²) in [6.07, 6.45) is -0.157. The van der Waals surface area contributed by atoms with Gasteiger partial charge in [0.25, 0.3) is 0 Å². The molecule has 0 saturated carbocycles. The van der Waals surface area contributed by atoms with Crippen LogP contribution in [0.3, 0.4) is 0 Å². The molecule has 1 aliphatic heterocycles. The van der Waals surface area contributed by atoms with Crippen molar-refractivity contribution >= 4 is 11.9 Å². The minimum atomic E-state index is -0.572. The molecule has 5 heteroatoms. The van der Waals surface area contributed by atoms with Gasteiger partial charge in [-0.25, -0.2) is 4.79 Å². The third-order valence-electron chi connectivity index (χ3n) is 2.16. The van der Waals surface area contributed by atoms with E-state index < -0.39 is 6.10 Å². The van der Waals surface area contributed by atoms with E-state index in [4.69, 9.17) is 9.47 Å². The highest BCUT2D eigenvalue weighted by molar-refractivity contribution is 5.81. The van der Waals surface area contributed by atoms with Crippen molar-refractivity contribution in [3.8, 4) is 0 Å². The Hall–Kier alpha value is -1.10. The third kappa shape index (κ3) is 2.45. The van der Waals surface area contributed by atoms with Crippen LogP contribution in [0.2, 0.25) is 0 Å². The molecule has 1 heterocycles. The molecule has 0 aliphatic carbocycles. The number of hydrogen-bond donors (Lipinski definition) is 1. The molecular formula is C9H15NO4. The predicted molar refractivity (Wildman–Crippen MR) is 48.5 cm³/mol. The molecule has 2 atom stereocenters. The van der Waals surface area contributed by atoms with E-state index in [1.165, 1.54) is 0 Å². The number of amides is 1. The van der Waals surface area contributed by atoms with Crippen molar-refractivity contribution in [2.75, 3.05) is 20.3 Å². The molecule has 0 aromatic rings. The van der Waals surface area contributed by atoms with Gasteiger partial charge in [-0.1, -0.05) is 0 Å². The lowest BCUT2D eigenvalue weighted by molar-refractivity contribution is -0.153. The average molecular weight is 201 g/mol. The summed E-state index contributed by atoms with van der Waals surface area (Å²) < 4.78 is 9.96. The normalized spacial score (nSPS) is 25.9. The maximum Gasteiger partial charge on any atom is 0.335 e. The average Bonchev–Trinajstić information content (AvgIpc) is 2.66. The lowest BCUT2D eigenvalue weighted by Crippen LogP contribution is -2.28. The van der Waals surface area contributed by atoms with Crippen LogP contribution >= 0.6 is 0 Å². The van der Waals surface area contributed by atoms with Gasteiger partial charge < -0.3 is 14.8 Å². The molecule has 0 radical (unpaired) electrons. The molecule has 5 nitrogen and oxygen atoms in total. The molecule has 14 heavy (non-hydrogen) atoms. The highest BCUT2D eigenvalue weighted by atomic mass is 16.6. The van der Waals surface area contributed by atoms with Gasteiger partial charge >= 0.3 is 5.97 Å². The Morgan fingerprint density at radius 3 is 2.86 bits per heavy atom. The number of carbonyl (C=O) groups excluding carboxylic acids is 2. The first-order valence-corrected chi connectivity index (χ1v) is 4.68. The Morgan fingerprint density at radius 1 is 1.57 bits per heavy atom. The number of rotatable bonds is 3. The summed E-state index contributed by atoms with van der Waals surface area (Å²) >= 11 is 0. The Morgan fingerprint density at radius 2 is 2.29 bits per heavy atom. The number of nitrogens with one attached hydrogen (secondary N) is 1. The summed E-state index contributed by atoms with van der Waals surface area (Å²) in [5, 5.41) is 2.53. The van der Waals surface area contributed by atoms with Gasteiger partial charge in [0.05, 0.1) is 19.1 Å². The van der Waals surface area contributed by atoms with Crippen LogP contribution in [0.4, 0.5) is 0 Å². The Kier molecular flexibility index (Phi) is 3.88. The monoisotopic (exact) mass is 201 g/mol. The van der Waals surface area contributed by atoms with E-state index in [1.807, 2.05) is 0 Å². The van der Waals surface area contributed by atoms with Gasteiger partial charge in [0, 0.05) is 7.05 Å². The Labute approximate surface area is 82.8 Å². The maximum absolute atomic E-state index is 11.2. The minimum absolute atomic E-state index is 0.0863. The van der Waals surface area contributed by atoms with Crippen molar-refractivity contribution in [3.63, 3.8) is 0 Å². The molecule has 1 amide bonds. The van der Waals surface area contributed by atoms with Crippen LogP contribution in [-0.4, -0.2) is 38.2 Å². The number of ether oxygens (including phenoxy) is 2. The molecule has 0 spiro atoms. The quantitative estimate of drug-likeness (QED) is 0.637. The van der Waals surface area contributed by atoms with Crippen LogP contribution < -0.4 is 5.32 Å². The molecule has 1 aliphatic rings. The lowest BCUT2D eigenvalue weighted by atomic mass is 10.1. The number of carbonyl (C=O) groups is 2. The van der Waals surface area contributed by atoms with Crippen LogP contribution in [0.1, 0.15) is 13.3 Å². The number of hydrogen-bond acceptors (Lipinski definition) is 4. The van der Waals surface area contributed by atoms with Gasteiger partial charge in [-0.2, -0.15) is 0 Å². The van der Waals surface area contributed by atoms with Crippen molar-refractivity contribution in [3.05, 3.63) is 0 Å². The van der Waals surface area contributed by atoms with Crippen molar-refractivity contribution in [2.24, 2.45) is 5.92 Å². The summed E-state index contributed by atoms with van der Waals surface area (Å²) in [5.74, 6) is -0.690. The topological polar surface area (TPSA) is 64.6 Å². The molecular weight excluding hydrogens is 186 g/mol. The summed E-state index contributed by atoms with van der Waals surface area (Å²) in [6, 6.07) is 0. The van der Waals surface area contributed by atoms with E-state index in [9.17, 15) is 9.59 Å². The molecule has 0 aromatic carbocycles. The highest BCUT2D eigenvalue weighted by Gasteiger charge is 2.35. The van der Waals surface area contributed by atoms with Crippen LogP contribution in [0.5, 0.6) is 0 Å². The van der Waals surface area contributed by atoms with Crippen LogP contribution in [0.25, 0.3) is 0 Å². The zero-order valence-corrected chi connectivity index (χ0v) is 8.41. The van der Waals surface area contributed by atoms with Crippen molar-refractivity contribution < 1.29 is 19.1 Å². The van der Waals surface area contributed by atoms with Gasteiger partial charge in [-0.15, -0.1) is 0 Å². The fraction of sp³-hybridized carbons (Fsp3) is 0.778. The Bertz CT molecular complexity index is 229. The fourth-order valence-corrected chi connectivity index (χ4v) is 1.41. The van der Waals surface area contributed by atoms with Crippen molar-refractivity contribution in [1.82, 2.24) is 5.32 Å². The van der Waals surface area contributed by atoms with E-state index in [0.717, 1.165) is 0 Å². The van der Waals surface area contributed by atoms with Crippen molar-refractivity contribution in [2.45, 2.75) is 19.4 Å². The minimum Gasteiger partial charge on any atom is -0.464 e. The second kappa shape index (κ2) is 4.95. The largest absolute Gasteiger partial charge is 0.464 e. The van der Waals surface area contributed by atoms with Crippen molar-refractivity contribution in [1.29, 1.82) is 0 Å². The van der Waals surface area contributed by atoms with Gasteiger partial charge in [-0.05, 0) is 13.3 Å². The fourth-order valence-electron chi connectivity index (χ4n) is 1.41. The SMILES string of the molecule is CCOC(=O)[C@H]1C[C@@H](C(=O)NC)CO1. The summed E-state index contributed by atoms with van der Waals surface area (Å²) in [7, 11) is 1.57. The molecule has 1 rings (SSSR count). The van der Waals surface area contributed by atoms with Crippen LogP contribution in [0.15, 0.2) is 0 Å². The van der Waals surface area contributed by atoms with E-state index in [-0.39, 0.29) is 17.8 Å². The zero-order valence-electron chi connectivity index (χ0n) is 8.41. The second-order valence-corrected chi connectivity index (χ2v) is 3.12. The smallest absolute Gasteiger partial charge is 0.335 e. The first-order chi connectivity index (χ1) is 6.69. The second-order valence-electron chi connectivity index (χ2n) is 3.12. The zero-order chi connectivity index (χ0) is 10.6. The molecule has 0 unspecified atom stereocenters. The molecule has 1 N–H and O–H groups in total. The Balaban J connectivity index is 2.41. The molecule has 0 aromatic heterocycles. The number of esters is 1. The molecule has 1 fully saturated rings. The first kappa shape index (κ1) is 11.0. The van der Waals surface area contributed by atoms with Gasteiger partial charge in [0.15, 0.2) is 6.10 Å². The van der Waals surface area contributed by atoms with Gasteiger partial charge in [-0.3, -0.25) is 4.79 Å². The molecule has 0 bridgehead atoms. The highest BCUT2D eigenvalue weighted by Crippen LogP contribution is 2.20. The van der Waals surface area contributed by atoms with Gasteiger partial charge in [0.2, 0.25) is 5.91 Å². The lowest BCUT2D eigenvalue weighted by Gasteiger charge is -2.07. The maximum atomic E-state index is 11.2. The van der Waals surface area contributed by atoms with E-state index in [1.54, 1.807) is 14.0 Å². The standard InChI is InChI=1S/C9H15NO4/c1-3-13-9(12)7-4-6(5-14-7)8(11)10-2/h6-7H,3-5H2,1-2H3,(H,10,11)/t6-,7-/m1/s1. The summed E-state index contributed by atoms with van der Waals surface area (Å²) in [5.41, 5.74) is 0. The molecule has 1 saturated heterocycles. The summed E-state index contributed by atoms with van der Waals surface area (Å²) in [4.78, 5) is 22.4.